The number of fused-ring (bicyclic) bond motifs is 1. The van der Waals surface area contributed by atoms with Crippen LogP contribution in [0.15, 0.2) is 17.5 Å². The number of rotatable bonds is 11. The van der Waals surface area contributed by atoms with Gasteiger partial charge in [-0.2, -0.15) is 0 Å². The van der Waals surface area contributed by atoms with Crippen LogP contribution in [0, 0.1) is 28.6 Å². The van der Waals surface area contributed by atoms with Crippen molar-refractivity contribution in [3.8, 4) is 0 Å². The Hall–Kier alpha value is -2.50. The van der Waals surface area contributed by atoms with Gasteiger partial charge in [0.05, 0.1) is 6.04 Å². The van der Waals surface area contributed by atoms with Gasteiger partial charge in [-0.05, 0) is 59.3 Å². The number of nitrogens with zero attached hydrogens (tertiary/aromatic N) is 1. The molecule has 11 heteroatoms. The Morgan fingerprint density at radius 3 is 2.38 bits per heavy atom. The number of likely N-dealkylation sites (tertiary alicyclic amines) is 1. The standard InChI is InChI=1S/C34H51N5O5S/c1-32(2,3)27(37-31(43)38-34(13-7-6-8-14-34)17-20-10-9-15-45-20)30(42)39-18-21-23(33(21,4)5)24(39)29(41)36-22(16-19-11-12-19)25(40)26-28(35)44-26/h9-10,15,19,21-24,26-28H,6-8,11-14,16-18,35H2,1-5H3,(H,36,41)(H2,37,38,43)/t21-,22?,23-,24-,26?,27+,28?/m0/s1. The molecular weight excluding hydrogens is 590 g/mol. The van der Waals surface area contributed by atoms with Gasteiger partial charge in [0.2, 0.25) is 11.8 Å². The highest BCUT2D eigenvalue weighted by molar-refractivity contribution is 7.09. The molecule has 1 aromatic heterocycles. The molecule has 3 heterocycles. The predicted octanol–water partition coefficient (Wildman–Crippen LogP) is 3.73. The van der Waals surface area contributed by atoms with Crippen molar-refractivity contribution in [1.29, 1.82) is 0 Å². The van der Waals surface area contributed by atoms with E-state index < -0.39 is 35.9 Å². The van der Waals surface area contributed by atoms with Gasteiger partial charge < -0.3 is 31.3 Å². The quantitative estimate of drug-likeness (QED) is 0.271. The Kier molecular flexibility index (Phi) is 8.61. The molecule has 248 valence electrons. The number of carbonyl (C=O) groups is 4. The molecule has 45 heavy (non-hydrogen) atoms. The number of urea groups is 1. The van der Waals surface area contributed by atoms with Crippen molar-refractivity contribution in [2.24, 2.45) is 34.3 Å². The number of thiophene rings is 1. The molecule has 3 saturated carbocycles. The van der Waals surface area contributed by atoms with Gasteiger partial charge in [0, 0.05) is 23.4 Å². The van der Waals surface area contributed by atoms with Gasteiger partial charge in [0.1, 0.15) is 18.3 Å². The minimum Gasteiger partial charge on any atom is -0.345 e. The van der Waals surface area contributed by atoms with Gasteiger partial charge in [-0.15, -0.1) is 11.3 Å². The van der Waals surface area contributed by atoms with Gasteiger partial charge in [-0.25, -0.2) is 4.79 Å². The number of nitrogens with one attached hydrogen (secondary N) is 3. The number of hydrogen-bond donors (Lipinski definition) is 4. The fourth-order valence-corrected chi connectivity index (χ4v) is 8.95. The first-order valence-corrected chi connectivity index (χ1v) is 17.7. The van der Waals surface area contributed by atoms with Crippen LogP contribution < -0.4 is 21.7 Å². The number of ketones is 1. The smallest absolute Gasteiger partial charge is 0.315 e. The number of hydrogen-bond acceptors (Lipinski definition) is 7. The second kappa shape index (κ2) is 11.9. The molecule has 1 aromatic rings. The van der Waals surface area contributed by atoms with Crippen molar-refractivity contribution in [1.82, 2.24) is 20.9 Å². The van der Waals surface area contributed by atoms with Crippen molar-refractivity contribution < 1.29 is 23.9 Å². The highest BCUT2D eigenvalue weighted by Crippen LogP contribution is 2.65. The predicted molar refractivity (Wildman–Crippen MR) is 172 cm³/mol. The number of piperidine rings is 1. The van der Waals surface area contributed by atoms with Crippen LogP contribution in [-0.2, 0) is 25.5 Å². The van der Waals surface area contributed by atoms with Crippen LogP contribution >= 0.6 is 11.3 Å². The summed E-state index contributed by atoms with van der Waals surface area (Å²) in [6.45, 7) is 10.5. The van der Waals surface area contributed by atoms with E-state index in [4.69, 9.17) is 10.5 Å². The Morgan fingerprint density at radius 2 is 1.80 bits per heavy atom. The summed E-state index contributed by atoms with van der Waals surface area (Å²) in [5.74, 6) is -0.168. The molecule has 10 nitrogen and oxygen atoms in total. The number of ether oxygens (including phenoxy) is 1. The number of epoxide rings is 1. The molecule has 4 amide bonds. The summed E-state index contributed by atoms with van der Waals surface area (Å²) < 4.78 is 5.25. The van der Waals surface area contributed by atoms with Gasteiger partial charge in [0.15, 0.2) is 11.9 Å². The molecule has 3 aliphatic carbocycles. The monoisotopic (exact) mass is 641 g/mol. The fraction of sp³-hybridized carbons (Fsp3) is 0.765. The van der Waals surface area contributed by atoms with Crippen molar-refractivity contribution in [3.63, 3.8) is 0 Å². The zero-order valence-electron chi connectivity index (χ0n) is 27.4. The van der Waals surface area contributed by atoms with Gasteiger partial charge >= 0.3 is 6.03 Å². The van der Waals surface area contributed by atoms with Crippen LogP contribution in [0.2, 0.25) is 0 Å². The summed E-state index contributed by atoms with van der Waals surface area (Å²) in [6.07, 6.45) is 7.19. The molecule has 7 atom stereocenters. The first kappa shape index (κ1) is 32.4. The van der Waals surface area contributed by atoms with Gasteiger partial charge in [0.25, 0.3) is 0 Å². The van der Waals surface area contributed by atoms with Crippen molar-refractivity contribution in [2.75, 3.05) is 6.54 Å². The maximum absolute atomic E-state index is 14.4. The van der Waals surface area contributed by atoms with Crippen molar-refractivity contribution in [2.45, 2.75) is 128 Å². The van der Waals surface area contributed by atoms with E-state index in [-0.39, 0.29) is 46.4 Å². The van der Waals surface area contributed by atoms with Gasteiger partial charge in [-0.3, -0.25) is 14.4 Å². The Balaban J connectivity index is 1.18. The van der Waals surface area contributed by atoms with E-state index in [2.05, 4.69) is 41.2 Å². The molecular formula is C34H51N5O5S. The molecule has 0 bridgehead atoms. The summed E-state index contributed by atoms with van der Waals surface area (Å²) in [5.41, 5.74) is 4.76. The minimum atomic E-state index is -0.836. The summed E-state index contributed by atoms with van der Waals surface area (Å²) in [4.78, 5) is 58.2. The zero-order chi connectivity index (χ0) is 32.3. The maximum Gasteiger partial charge on any atom is 0.315 e. The van der Waals surface area contributed by atoms with E-state index in [0.717, 1.165) is 51.4 Å². The lowest BCUT2D eigenvalue weighted by atomic mass is 9.79. The Bertz CT molecular complexity index is 1300. The number of amides is 4. The third kappa shape index (κ3) is 6.81. The van der Waals surface area contributed by atoms with Gasteiger partial charge in [-0.1, -0.05) is 72.8 Å². The van der Waals surface area contributed by atoms with E-state index >= 15 is 0 Å². The highest BCUT2D eigenvalue weighted by atomic mass is 32.1. The van der Waals surface area contributed by atoms with Crippen LogP contribution in [0.4, 0.5) is 4.79 Å². The first-order valence-electron chi connectivity index (χ1n) is 16.9. The number of nitrogens with two attached hydrogens (primary N) is 1. The van der Waals surface area contributed by atoms with Crippen LogP contribution in [0.3, 0.4) is 0 Å². The van der Waals surface area contributed by atoms with Crippen LogP contribution in [0.25, 0.3) is 0 Å². The lowest BCUT2D eigenvalue weighted by Gasteiger charge is -2.41. The molecule has 0 radical (unpaired) electrons. The van der Waals surface area contributed by atoms with E-state index in [9.17, 15) is 19.2 Å². The van der Waals surface area contributed by atoms with Crippen molar-refractivity contribution in [3.05, 3.63) is 22.4 Å². The lowest BCUT2D eigenvalue weighted by molar-refractivity contribution is -0.144. The molecule has 5 aliphatic rings. The van der Waals surface area contributed by atoms with Crippen LogP contribution in [0.5, 0.6) is 0 Å². The first-order chi connectivity index (χ1) is 21.2. The largest absolute Gasteiger partial charge is 0.345 e. The Labute approximate surface area is 270 Å². The normalized spacial score (nSPS) is 30.9. The zero-order valence-corrected chi connectivity index (χ0v) is 28.2. The topological polar surface area (TPSA) is 146 Å². The summed E-state index contributed by atoms with van der Waals surface area (Å²) >= 11 is 1.70. The second-order valence-corrected chi connectivity index (χ2v) is 17.1. The minimum absolute atomic E-state index is 0.0108. The second-order valence-electron chi connectivity index (χ2n) is 16.0. The molecule has 6 rings (SSSR count). The molecule has 2 aliphatic heterocycles. The molecule has 2 saturated heterocycles. The van der Waals surface area contributed by atoms with E-state index in [1.54, 1.807) is 16.2 Å². The summed E-state index contributed by atoms with van der Waals surface area (Å²) in [6, 6.07) is 1.58. The average Bonchev–Trinajstić information content (AvgIpc) is 3.90. The highest BCUT2D eigenvalue weighted by Gasteiger charge is 2.70. The fourth-order valence-electron chi connectivity index (χ4n) is 8.10. The SMILES string of the molecule is CC(C)(C)[C@H](NC(=O)NC1(Cc2cccs2)CCCCC1)C(=O)N1C[C@H]2[C@@H]([C@H]1C(=O)NC(CC1CC1)C(=O)C1OC1N)C2(C)C. The molecule has 0 spiro atoms. The number of carbonyl (C=O) groups excluding carboxylic acids is 4. The van der Waals surface area contributed by atoms with E-state index in [1.807, 2.05) is 26.8 Å². The lowest BCUT2D eigenvalue weighted by Crippen LogP contribution is -2.63. The average molecular weight is 642 g/mol. The van der Waals surface area contributed by atoms with E-state index in [0.29, 0.717) is 18.9 Å². The molecule has 0 aromatic carbocycles. The molecule has 5 fully saturated rings. The maximum atomic E-state index is 14.4. The van der Waals surface area contributed by atoms with Crippen LogP contribution in [-0.4, -0.2) is 71.1 Å². The van der Waals surface area contributed by atoms with Crippen molar-refractivity contribution >= 4 is 35.0 Å². The Morgan fingerprint density at radius 1 is 1.11 bits per heavy atom. The third-order valence-corrected chi connectivity index (χ3v) is 12.0. The summed E-state index contributed by atoms with van der Waals surface area (Å²) in [7, 11) is 0. The number of Topliss-reactive ketones (excluding diaryl/α,β-unsaturated/α-hetero) is 1. The molecule has 3 unspecified atom stereocenters. The third-order valence-electron chi connectivity index (χ3n) is 11.2. The molecule has 5 N–H and O–H groups in total. The van der Waals surface area contributed by atoms with Crippen LogP contribution in [0.1, 0.15) is 90.9 Å². The van der Waals surface area contributed by atoms with E-state index in [1.165, 1.54) is 4.88 Å². The summed E-state index contributed by atoms with van der Waals surface area (Å²) in [5, 5.41) is 11.5.